The highest BCUT2D eigenvalue weighted by atomic mass is 15.2. The smallest absolute Gasteiger partial charge is 0.0253 e. The topological polar surface area (TPSA) is 21.1 Å². The van der Waals surface area contributed by atoms with Crippen LogP contribution in [0.25, 0.3) is 11.0 Å². The molecule has 0 saturated heterocycles. The summed E-state index contributed by atoms with van der Waals surface area (Å²) in [6.45, 7) is 0.898. The Morgan fingerprint density at radius 3 is 2.79 bits per heavy atom. The summed E-state index contributed by atoms with van der Waals surface area (Å²) in [5, 5.41) is 0. The van der Waals surface area contributed by atoms with Gasteiger partial charge in [-0.3, -0.25) is 12.0 Å². The molecule has 0 bridgehead atoms. The van der Waals surface area contributed by atoms with Gasteiger partial charge in [0.05, 0.1) is 0 Å². The molecule has 1 spiro atoms. The van der Waals surface area contributed by atoms with Crippen molar-refractivity contribution in [3.63, 3.8) is 0 Å². The number of hydrogen-bond donors (Lipinski definition) is 0. The van der Waals surface area contributed by atoms with E-state index in [0.29, 0.717) is 0 Å². The number of fused-ring (bicyclic) bond motifs is 3. The van der Waals surface area contributed by atoms with E-state index in [4.69, 9.17) is 0 Å². The van der Waals surface area contributed by atoms with Crippen LogP contribution < -0.4 is 0 Å². The highest BCUT2D eigenvalue weighted by Crippen LogP contribution is 2.44. The monoisotopic (exact) mass is 253 g/mol. The van der Waals surface area contributed by atoms with Gasteiger partial charge in [0.1, 0.15) is 0 Å². The van der Waals surface area contributed by atoms with Crippen LogP contribution in [-0.2, 0) is 13.0 Å². The lowest BCUT2D eigenvalue weighted by molar-refractivity contribution is 0.121. The van der Waals surface area contributed by atoms with E-state index in [1.807, 2.05) is 12.3 Å². The molecule has 0 unspecified atom stereocenters. The maximum Gasteiger partial charge on any atom is 0.0253 e. The first-order chi connectivity index (χ1) is 9.21. The van der Waals surface area contributed by atoms with E-state index >= 15 is 0 Å². The van der Waals surface area contributed by atoms with Crippen molar-refractivity contribution >= 4 is 11.0 Å². The van der Waals surface area contributed by atoms with Gasteiger partial charge in [-0.25, -0.2) is 0 Å². The van der Waals surface area contributed by atoms with Gasteiger partial charge in [-0.2, -0.15) is 0 Å². The summed E-state index contributed by atoms with van der Waals surface area (Å²) in [5.41, 5.74) is 5.27. The van der Waals surface area contributed by atoms with Crippen molar-refractivity contribution in [1.82, 2.24) is 14.5 Å². The summed E-state index contributed by atoms with van der Waals surface area (Å²) in [4.78, 5) is 6.90. The fraction of sp³-hybridized carbons (Fsp3) is 0.438. The van der Waals surface area contributed by atoms with Crippen molar-refractivity contribution in [3.05, 3.63) is 43.7 Å². The second-order valence-electron chi connectivity index (χ2n) is 6.03. The number of nitrogens with zero attached hydrogens (tertiary/aromatic N) is 3. The van der Waals surface area contributed by atoms with Gasteiger partial charge in [-0.05, 0) is 36.9 Å². The molecule has 2 aromatic heterocycles. The standard InChI is InChI=1S/C16H19N3/c1-18-11-14-12(10-16(18)7-3-4-8-16)15-13(19(14)2)6-5-9-17-15/h5-6,9H,1-4,7-8,10-11H2/q-2. The maximum absolute atomic E-state index is 4.60. The molecule has 2 aliphatic rings. The minimum Gasteiger partial charge on any atom is -0.482 e. The molecular weight excluding hydrogens is 234 g/mol. The zero-order chi connectivity index (χ0) is 13.0. The Bertz CT molecular complexity index is 635. The van der Waals surface area contributed by atoms with Gasteiger partial charge in [0.2, 0.25) is 0 Å². The van der Waals surface area contributed by atoms with Gasteiger partial charge in [-0.1, -0.05) is 36.2 Å². The van der Waals surface area contributed by atoms with Crippen molar-refractivity contribution in [2.45, 2.75) is 44.2 Å². The third kappa shape index (κ3) is 1.42. The van der Waals surface area contributed by atoms with Crippen LogP contribution >= 0.6 is 0 Å². The van der Waals surface area contributed by atoms with Gasteiger partial charge < -0.3 is 9.47 Å². The fourth-order valence-electron chi connectivity index (χ4n) is 3.97. The first-order valence-corrected chi connectivity index (χ1v) is 7.07. The van der Waals surface area contributed by atoms with E-state index in [9.17, 15) is 0 Å². The lowest BCUT2D eigenvalue weighted by Gasteiger charge is -2.51. The Balaban J connectivity index is 1.92. The van der Waals surface area contributed by atoms with Crippen LogP contribution in [-0.4, -0.2) is 20.0 Å². The lowest BCUT2D eigenvalue weighted by atomic mass is 9.84. The minimum atomic E-state index is 0.277. The summed E-state index contributed by atoms with van der Waals surface area (Å²) in [6, 6.07) is 4.10. The van der Waals surface area contributed by atoms with Crippen LogP contribution in [0.3, 0.4) is 0 Å². The number of rotatable bonds is 0. The quantitative estimate of drug-likeness (QED) is 0.673. The number of pyridine rings is 1. The summed E-state index contributed by atoms with van der Waals surface area (Å²) >= 11 is 0. The number of aromatic nitrogens is 2. The predicted molar refractivity (Wildman–Crippen MR) is 76.3 cm³/mol. The van der Waals surface area contributed by atoms with Crippen LogP contribution in [0.2, 0.25) is 0 Å². The molecule has 0 aromatic carbocycles. The molecule has 1 aliphatic heterocycles. The molecule has 100 valence electrons. The molecule has 1 aliphatic carbocycles. The molecule has 1 saturated carbocycles. The Morgan fingerprint density at radius 2 is 2.00 bits per heavy atom. The first kappa shape index (κ1) is 11.4. The van der Waals surface area contributed by atoms with Gasteiger partial charge in [0.15, 0.2) is 0 Å². The zero-order valence-corrected chi connectivity index (χ0v) is 11.2. The van der Waals surface area contributed by atoms with Crippen molar-refractivity contribution in [3.8, 4) is 0 Å². The summed E-state index contributed by atoms with van der Waals surface area (Å²) in [7, 11) is 8.51. The van der Waals surface area contributed by atoms with Crippen molar-refractivity contribution in [2.24, 2.45) is 0 Å². The highest BCUT2D eigenvalue weighted by Gasteiger charge is 2.37. The normalized spacial score (nSPS) is 22.2. The molecule has 3 heterocycles. The van der Waals surface area contributed by atoms with Crippen LogP contribution in [0.1, 0.15) is 36.9 Å². The molecule has 1 fully saturated rings. The van der Waals surface area contributed by atoms with Gasteiger partial charge in [-0.15, -0.1) is 7.05 Å². The van der Waals surface area contributed by atoms with E-state index in [2.05, 4.69) is 34.6 Å². The Morgan fingerprint density at radius 1 is 1.21 bits per heavy atom. The molecule has 0 atom stereocenters. The Labute approximate surface area is 114 Å². The van der Waals surface area contributed by atoms with E-state index in [1.165, 1.54) is 36.9 Å². The van der Waals surface area contributed by atoms with Gasteiger partial charge in [0, 0.05) is 11.7 Å². The molecule has 0 N–H and O–H groups in total. The SMILES string of the molecule is [CH2-]N1Cc2c(c3ncccc3n2[CH2-])CC12CCCC2. The van der Waals surface area contributed by atoms with E-state index in [-0.39, 0.29) is 5.54 Å². The predicted octanol–water partition coefficient (Wildman–Crippen LogP) is 3.14. The van der Waals surface area contributed by atoms with Gasteiger partial charge >= 0.3 is 0 Å². The maximum atomic E-state index is 4.60. The second-order valence-corrected chi connectivity index (χ2v) is 6.03. The molecule has 0 amide bonds. The van der Waals surface area contributed by atoms with Crippen LogP contribution in [0.5, 0.6) is 0 Å². The molecule has 0 radical (unpaired) electrons. The van der Waals surface area contributed by atoms with Crippen LogP contribution in [0, 0.1) is 14.1 Å². The number of hydrogen-bond acceptors (Lipinski definition) is 2. The average molecular weight is 253 g/mol. The third-order valence-electron chi connectivity index (χ3n) is 5.09. The lowest BCUT2D eigenvalue weighted by Crippen LogP contribution is -2.47. The van der Waals surface area contributed by atoms with E-state index in [1.54, 1.807) is 0 Å². The Hall–Kier alpha value is -1.48. The molecular formula is C16H19N3-2. The summed E-state index contributed by atoms with van der Waals surface area (Å²) in [5.74, 6) is 0. The first-order valence-electron chi connectivity index (χ1n) is 7.07. The van der Waals surface area contributed by atoms with E-state index < -0.39 is 0 Å². The summed E-state index contributed by atoms with van der Waals surface area (Å²) in [6.07, 6.45) is 8.18. The van der Waals surface area contributed by atoms with Crippen LogP contribution in [0.15, 0.2) is 18.3 Å². The van der Waals surface area contributed by atoms with Crippen molar-refractivity contribution in [2.75, 3.05) is 0 Å². The molecule has 3 nitrogen and oxygen atoms in total. The molecule has 2 aromatic rings. The third-order valence-corrected chi connectivity index (χ3v) is 5.09. The zero-order valence-electron chi connectivity index (χ0n) is 11.2. The van der Waals surface area contributed by atoms with E-state index in [0.717, 1.165) is 24.0 Å². The van der Waals surface area contributed by atoms with Crippen LogP contribution in [0.4, 0.5) is 0 Å². The largest absolute Gasteiger partial charge is 0.482 e. The molecule has 4 rings (SSSR count). The van der Waals surface area contributed by atoms with Crippen molar-refractivity contribution < 1.29 is 0 Å². The minimum absolute atomic E-state index is 0.277. The average Bonchev–Trinajstić information content (AvgIpc) is 2.99. The summed E-state index contributed by atoms with van der Waals surface area (Å²) < 4.78 is 2.05. The van der Waals surface area contributed by atoms with Crippen molar-refractivity contribution in [1.29, 1.82) is 0 Å². The molecule has 3 heteroatoms. The molecule has 19 heavy (non-hydrogen) atoms. The Kier molecular flexibility index (Phi) is 2.25. The highest BCUT2D eigenvalue weighted by molar-refractivity contribution is 5.82. The second kappa shape index (κ2) is 3.76. The van der Waals surface area contributed by atoms with Gasteiger partial charge in [0.25, 0.3) is 0 Å². The fourth-order valence-corrected chi connectivity index (χ4v) is 3.97.